The molecule has 20 heavy (non-hydrogen) atoms. The van der Waals surface area contributed by atoms with Crippen LogP contribution < -0.4 is 5.69 Å². The van der Waals surface area contributed by atoms with Crippen LogP contribution in [0.15, 0.2) is 29.1 Å². The fourth-order valence-electron chi connectivity index (χ4n) is 2.70. The number of H-pyrrole nitrogens is 1. The average molecular weight is 274 g/mol. The minimum absolute atomic E-state index is 0.165. The number of hydrogen-bond acceptors (Lipinski definition) is 4. The highest BCUT2D eigenvalue weighted by Crippen LogP contribution is 2.13. The first-order chi connectivity index (χ1) is 9.58. The van der Waals surface area contributed by atoms with Crippen molar-refractivity contribution >= 4 is 16.9 Å². The molecule has 0 bridgehead atoms. The number of benzene rings is 1. The fraction of sp³-hybridized carbons (Fsp3) is 0.429. The van der Waals surface area contributed by atoms with Gasteiger partial charge in [-0.15, -0.1) is 0 Å². The molecule has 3 rings (SSSR count). The molecule has 1 aliphatic heterocycles. The van der Waals surface area contributed by atoms with E-state index in [-0.39, 0.29) is 17.6 Å². The molecule has 1 N–H and O–H groups in total. The fourth-order valence-corrected chi connectivity index (χ4v) is 2.70. The molecule has 106 valence electrons. The molecule has 0 spiro atoms. The van der Waals surface area contributed by atoms with Crippen LogP contribution in [0, 0.1) is 0 Å². The number of carbonyl (C=O) groups is 1. The van der Waals surface area contributed by atoms with Crippen LogP contribution in [0.1, 0.15) is 4.79 Å². The molecule has 0 radical (unpaired) electrons. The van der Waals surface area contributed by atoms with Crippen LogP contribution in [0.4, 0.5) is 0 Å². The lowest BCUT2D eigenvalue weighted by atomic mass is 10.1. The monoisotopic (exact) mass is 274 g/mol. The van der Waals surface area contributed by atoms with Gasteiger partial charge < -0.3 is 9.88 Å². The second kappa shape index (κ2) is 4.88. The molecule has 6 heteroatoms. The van der Waals surface area contributed by atoms with Crippen molar-refractivity contribution in [3.63, 3.8) is 0 Å². The van der Waals surface area contributed by atoms with Gasteiger partial charge in [-0.1, -0.05) is 12.1 Å². The molecule has 1 unspecified atom stereocenters. The smallest absolute Gasteiger partial charge is 0.305 e. The molecular formula is C14H18N4O2. The number of aromatic amines is 1. The molecule has 1 saturated heterocycles. The zero-order valence-corrected chi connectivity index (χ0v) is 11.7. The Balaban J connectivity index is 2.04. The summed E-state index contributed by atoms with van der Waals surface area (Å²) >= 11 is 0. The van der Waals surface area contributed by atoms with Gasteiger partial charge in [-0.2, -0.15) is 0 Å². The minimum atomic E-state index is -0.363. The molecule has 0 aliphatic carbocycles. The van der Waals surface area contributed by atoms with E-state index < -0.39 is 0 Å². The van der Waals surface area contributed by atoms with Gasteiger partial charge in [-0.05, 0) is 26.2 Å². The number of rotatable bonds is 1. The normalized spacial score (nSPS) is 21.4. The number of para-hydroxylation sites is 2. The maximum Gasteiger partial charge on any atom is 0.333 e. The van der Waals surface area contributed by atoms with E-state index in [0.29, 0.717) is 17.6 Å². The molecular weight excluding hydrogens is 256 g/mol. The second-order valence-electron chi connectivity index (χ2n) is 5.38. The highest BCUT2D eigenvalue weighted by atomic mass is 16.2. The van der Waals surface area contributed by atoms with Crippen molar-refractivity contribution in [1.82, 2.24) is 19.4 Å². The number of nitrogens with zero attached hydrogens (tertiary/aromatic N) is 3. The quantitative estimate of drug-likeness (QED) is 0.808. The first kappa shape index (κ1) is 13.1. The standard InChI is InChI=1S/C14H18N4O2/c1-16-7-8-17(2)12(9-16)13(19)18-11-6-4-3-5-10(11)15-14(18)20/h3-6,12H,7-9H2,1-2H3,(H,15,20). The van der Waals surface area contributed by atoms with E-state index >= 15 is 0 Å². The van der Waals surface area contributed by atoms with Crippen LogP contribution in [0.3, 0.4) is 0 Å². The predicted octanol–water partition coefficient (Wildman–Crippen LogP) is 0.216. The zero-order valence-electron chi connectivity index (χ0n) is 11.7. The number of hydrogen-bond donors (Lipinski definition) is 1. The van der Waals surface area contributed by atoms with E-state index in [1.807, 2.05) is 31.1 Å². The van der Waals surface area contributed by atoms with E-state index in [9.17, 15) is 9.59 Å². The maximum absolute atomic E-state index is 12.7. The maximum atomic E-state index is 12.7. The summed E-state index contributed by atoms with van der Waals surface area (Å²) in [5, 5.41) is 0. The Kier molecular flexibility index (Phi) is 3.19. The highest BCUT2D eigenvalue weighted by Gasteiger charge is 2.31. The van der Waals surface area contributed by atoms with E-state index in [0.717, 1.165) is 13.1 Å². The van der Waals surface area contributed by atoms with Gasteiger partial charge in [0.15, 0.2) is 0 Å². The van der Waals surface area contributed by atoms with Crippen LogP contribution in [-0.4, -0.2) is 65.0 Å². The van der Waals surface area contributed by atoms with Crippen LogP contribution in [0.5, 0.6) is 0 Å². The number of nitrogens with one attached hydrogen (secondary N) is 1. The molecule has 1 fully saturated rings. The number of carbonyl (C=O) groups excluding carboxylic acids is 1. The van der Waals surface area contributed by atoms with Gasteiger partial charge in [0.2, 0.25) is 0 Å². The first-order valence-corrected chi connectivity index (χ1v) is 6.70. The third kappa shape index (κ3) is 2.07. The van der Waals surface area contributed by atoms with Crippen molar-refractivity contribution in [1.29, 1.82) is 0 Å². The van der Waals surface area contributed by atoms with Gasteiger partial charge in [0.05, 0.1) is 11.0 Å². The van der Waals surface area contributed by atoms with Crippen LogP contribution in [-0.2, 0) is 0 Å². The molecule has 1 atom stereocenters. The van der Waals surface area contributed by atoms with Crippen molar-refractivity contribution in [3.05, 3.63) is 34.7 Å². The lowest BCUT2D eigenvalue weighted by Crippen LogP contribution is -2.55. The summed E-state index contributed by atoms with van der Waals surface area (Å²) in [6.45, 7) is 2.40. The molecule has 0 amide bonds. The number of aromatic nitrogens is 2. The third-order valence-electron chi connectivity index (χ3n) is 3.95. The Morgan fingerprint density at radius 1 is 1.25 bits per heavy atom. The minimum Gasteiger partial charge on any atom is -0.305 e. The Bertz CT molecular complexity index is 703. The van der Waals surface area contributed by atoms with E-state index in [2.05, 4.69) is 9.88 Å². The van der Waals surface area contributed by atoms with Gasteiger partial charge in [0.1, 0.15) is 6.04 Å². The third-order valence-corrected chi connectivity index (χ3v) is 3.95. The molecule has 1 aromatic heterocycles. The van der Waals surface area contributed by atoms with Gasteiger partial charge in [0, 0.05) is 19.6 Å². The van der Waals surface area contributed by atoms with Crippen molar-refractivity contribution in [2.24, 2.45) is 0 Å². The van der Waals surface area contributed by atoms with Gasteiger partial charge >= 0.3 is 5.69 Å². The van der Waals surface area contributed by atoms with E-state index in [1.165, 1.54) is 4.57 Å². The number of likely N-dealkylation sites (N-methyl/N-ethyl adjacent to an activating group) is 2. The summed E-state index contributed by atoms with van der Waals surface area (Å²) in [6, 6.07) is 6.98. The summed E-state index contributed by atoms with van der Waals surface area (Å²) in [5.41, 5.74) is 0.972. The SMILES string of the molecule is CN1CCN(C)C(C(=O)n2c(=O)[nH]c3ccccc32)C1. The van der Waals surface area contributed by atoms with Crippen molar-refractivity contribution in [3.8, 4) is 0 Å². The summed E-state index contributed by atoms with van der Waals surface area (Å²) < 4.78 is 1.26. The highest BCUT2D eigenvalue weighted by molar-refractivity contribution is 5.93. The molecule has 2 heterocycles. The van der Waals surface area contributed by atoms with Crippen molar-refractivity contribution in [2.75, 3.05) is 33.7 Å². The summed E-state index contributed by atoms with van der Waals surface area (Å²) in [7, 11) is 3.92. The average Bonchev–Trinajstić information content (AvgIpc) is 2.76. The summed E-state index contributed by atoms with van der Waals surface area (Å²) in [6.07, 6.45) is 0. The van der Waals surface area contributed by atoms with Crippen molar-refractivity contribution < 1.29 is 4.79 Å². The van der Waals surface area contributed by atoms with Crippen LogP contribution in [0.2, 0.25) is 0 Å². The van der Waals surface area contributed by atoms with Crippen LogP contribution in [0.25, 0.3) is 11.0 Å². The molecule has 2 aromatic rings. The second-order valence-corrected chi connectivity index (χ2v) is 5.38. The Morgan fingerprint density at radius 2 is 2.00 bits per heavy atom. The Hall–Kier alpha value is -1.92. The Labute approximate surface area is 116 Å². The molecule has 0 saturated carbocycles. The number of piperazine rings is 1. The largest absolute Gasteiger partial charge is 0.333 e. The Morgan fingerprint density at radius 3 is 2.80 bits per heavy atom. The summed E-state index contributed by atoms with van der Waals surface area (Å²) in [5.74, 6) is -0.165. The molecule has 1 aliphatic rings. The lowest BCUT2D eigenvalue weighted by molar-refractivity contribution is 0.0603. The first-order valence-electron chi connectivity index (χ1n) is 6.70. The topological polar surface area (TPSA) is 61.3 Å². The van der Waals surface area contributed by atoms with Gasteiger partial charge in [0.25, 0.3) is 5.91 Å². The van der Waals surface area contributed by atoms with Crippen molar-refractivity contribution in [2.45, 2.75) is 6.04 Å². The molecule has 6 nitrogen and oxygen atoms in total. The predicted molar refractivity (Wildman–Crippen MR) is 77.1 cm³/mol. The van der Waals surface area contributed by atoms with Gasteiger partial charge in [-0.25, -0.2) is 9.36 Å². The zero-order chi connectivity index (χ0) is 14.3. The lowest BCUT2D eigenvalue weighted by Gasteiger charge is -2.36. The number of imidazole rings is 1. The number of fused-ring (bicyclic) bond motifs is 1. The van der Waals surface area contributed by atoms with E-state index in [4.69, 9.17) is 0 Å². The summed E-state index contributed by atoms with van der Waals surface area (Å²) in [4.78, 5) is 31.6. The molecule has 1 aromatic carbocycles. The van der Waals surface area contributed by atoms with E-state index in [1.54, 1.807) is 12.1 Å². The van der Waals surface area contributed by atoms with Gasteiger partial charge in [-0.3, -0.25) is 9.69 Å². The van der Waals surface area contributed by atoms with Crippen LogP contribution >= 0.6 is 0 Å².